The minimum absolute atomic E-state index is 0.246. The molecule has 3 aromatic rings. The molecule has 0 spiro atoms. The lowest BCUT2D eigenvalue weighted by molar-refractivity contribution is 0.0263. The molecule has 32 heavy (non-hydrogen) atoms. The summed E-state index contributed by atoms with van der Waals surface area (Å²) in [5.41, 5.74) is 3.06. The number of aromatic nitrogens is 2. The van der Waals surface area contributed by atoms with Gasteiger partial charge >= 0.3 is 6.09 Å². The van der Waals surface area contributed by atoms with E-state index in [0.29, 0.717) is 19.6 Å². The number of carbonyl (C=O) groups excluding carboxylic acids is 1. The average molecular weight is 473 g/mol. The number of halogens is 1. The molecule has 0 saturated carbocycles. The van der Waals surface area contributed by atoms with Gasteiger partial charge in [-0.2, -0.15) is 4.98 Å². The molecule has 170 valence electrons. The van der Waals surface area contributed by atoms with Gasteiger partial charge in [-0.3, -0.25) is 0 Å². The average Bonchev–Trinajstić information content (AvgIpc) is 3.00. The number of nitrogens with zero attached hydrogens (tertiary/aromatic N) is 4. The Morgan fingerprint density at radius 3 is 2.56 bits per heavy atom. The zero-order valence-electron chi connectivity index (χ0n) is 19.0. The zero-order chi connectivity index (χ0) is 22.9. The van der Waals surface area contributed by atoms with Crippen LogP contribution in [0.5, 0.6) is 0 Å². The van der Waals surface area contributed by atoms with Crippen molar-refractivity contribution in [1.82, 2.24) is 14.9 Å². The summed E-state index contributed by atoms with van der Waals surface area (Å²) >= 11 is 7.88. The Labute approximate surface area is 198 Å². The molecule has 0 radical (unpaired) electrons. The van der Waals surface area contributed by atoms with Crippen LogP contribution in [0.2, 0.25) is 5.28 Å². The number of aryl methyl sites for hydroxylation is 1. The highest BCUT2D eigenvalue weighted by molar-refractivity contribution is 7.17. The SMILES string of the molecule is CCc1ccc(-c2csc3nc(Cl)nc(N4CCCN(C(=O)OC(C)(C)C)CC4)c23)cc1. The Morgan fingerprint density at radius 2 is 1.88 bits per heavy atom. The van der Waals surface area contributed by atoms with E-state index in [1.165, 1.54) is 5.56 Å². The van der Waals surface area contributed by atoms with Gasteiger partial charge in [-0.1, -0.05) is 31.2 Å². The zero-order valence-corrected chi connectivity index (χ0v) is 20.6. The summed E-state index contributed by atoms with van der Waals surface area (Å²) in [6.45, 7) is 10.5. The lowest BCUT2D eigenvalue weighted by Gasteiger charge is -2.27. The number of rotatable bonds is 3. The fraction of sp³-hybridized carbons (Fsp3) is 0.458. The van der Waals surface area contributed by atoms with Gasteiger partial charge in [0.25, 0.3) is 0 Å². The van der Waals surface area contributed by atoms with E-state index in [2.05, 4.69) is 51.4 Å². The van der Waals surface area contributed by atoms with Crippen LogP contribution >= 0.6 is 22.9 Å². The van der Waals surface area contributed by atoms with Gasteiger partial charge in [0.2, 0.25) is 5.28 Å². The maximum absolute atomic E-state index is 12.6. The molecule has 0 N–H and O–H groups in total. The van der Waals surface area contributed by atoms with Gasteiger partial charge < -0.3 is 14.5 Å². The van der Waals surface area contributed by atoms with Crippen molar-refractivity contribution in [2.24, 2.45) is 0 Å². The summed E-state index contributed by atoms with van der Waals surface area (Å²) in [6, 6.07) is 8.65. The van der Waals surface area contributed by atoms with Crippen LogP contribution in [0.4, 0.5) is 10.6 Å². The minimum atomic E-state index is -0.506. The molecule has 0 atom stereocenters. The van der Waals surface area contributed by atoms with Gasteiger partial charge in [0.15, 0.2) is 0 Å². The van der Waals surface area contributed by atoms with Crippen molar-refractivity contribution in [2.45, 2.75) is 46.1 Å². The van der Waals surface area contributed by atoms with E-state index >= 15 is 0 Å². The largest absolute Gasteiger partial charge is 0.444 e. The smallest absolute Gasteiger partial charge is 0.410 e. The summed E-state index contributed by atoms with van der Waals surface area (Å²) in [5, 5.41) is 3.40. The van der Waals surface area contributed by atoms with Crippen LogP contribution < -0.4 is 4.90 Å². The number of thiophene rings is 1. The molecule has 3 heterocycles. The van der Waals surface area contributed by atoms with Crippen LogP contribution in [0.1, 0.15) is 39.7 Å². The predicted molar refractivity (Wildman–Crippen MR) is 132 cm³/mol. The summed E-state index contributed by atoms with van der Waals surface area (Å²) in [5.74, 6) is 0.835. The summed E-state index contributed by atoms with van der Waals surface area (Å²) in [6.07, 6.45) is 1.57. The monoisotopic (exact) mass is 472 g/mol. The molecule has 8 heteroatoms. The van der Waals surface area contributed by atoms with E-state index in [9.17, 15) is 4.79 Å². The minimum Gasteiger partial charge on any atom is -0.444 e. The van der Waals surface area contributed by atoms with Gasteiger partial charge in [0, 0.05) is 37.1 Å². The molecule has 1 aliphatic rings. The molecular formula is C24H29ClN4O2S. The third-order valence-corrected chi connectivity index (χ3v) is 6.55. The van der Waals surface area contributed by atoms with Crippen molar-refractivity contribution in [1.29, 1.82) is 0 Å². The van der Waals surface area contributed by atoms with Crippen molar-refractivity contribution < 1.29 is 9.53 Å². The molecule has 1 saturated heterocycles. The standard InChI is InChI=1S/C24H29ClN4O2S/c1-5-16-7-9-17(10-8-16)18-15-32-21-19(18)20(26-22(25)27-21)28-11-6-12-29(14-13-28)23(30)31-24(2,3)4/h7-10,15H,5-6,11-14H2,1-4H3. The second-order valence-electron chi connectivity index (χ2n) is 9.00. The number of fused-ring (bicyclic) bond motifs is 1. The van der Waals surface area contributed by atoms with Gasteiger partial charge in [0.05, 0.1) is 5.39 Å². The Kier molecular flexibility index (Phi) is 6.58. The number of hydrogen-bond acceptors (Lipinski definition) is 6. The normalized spacial score (nSPS) is 15.2. The lowest BCUT2D eigenvalue weighted by atomic mass is 10.0. The van der Waals surface area contributed by atoms with Crippen LogP contribution in [-0.4, -0.2) is 52.7 Å². The highest BCUT2D eigenvalue weighted by Gasteiger charge is 2.26. The number of benzene rings is 1. The molecule has 1 aliphatic heterocycles. The van der Waals surface area contributed by atoms with E-state index in [0.717, 1.165) is 46.5 Å². The first-order valence-corrected chi connectivity index (χ1v) is 12.3. The molecule has 0 unspecified atom stereocenters. The molecule has 6 nitrogen and oxygen atoms in total. The van der Waals surface area contributed by atoms with Crippen molar-refractivity contribution in [2.75, 3.05) is 31.1 Å². The molecule has 1 aromatic carbocycles. The fourth-order valence-corrected chi connectivity index (χ4v) is 5.05. The third-order valence-electron chi connectivity index (χ3n) is 5.51. The van der Waals surface area contributed by atoms with Crippen molar-refractivity contribution in [3.05, 3.63) is 40.5 Å². The van der Waals surface area contributed by atoms with Crippen LogP contribution in [0.25, 0.3) is 21.3 Å². The van der Waals surface area contributed by atoms with Gasteiger partial charge in [-0.15, -0.1) is 11.3 Å². The molecule has 0 aliphatic carbocycles. The molecular weight excluding hydrogens is 444 g/mol. The maximum Gasteiger partial charge on any atom is 0.410 e. The second-order valence-corrected chi connectivity index (χ2v) is 10.2. The van der Waals surface area contributed by atoms with E-state index in [-0.39, 0.29) is 11.4 Å². The van der Waals surface area contributed by atoms with E-state index in [1.54, 1.807) is 16.2 Å². The second kappa shape index (κ2) is 9.24. The number of ether oxygens (including phenoxy) is 1. The number of amides is 1. The van der Waals surface area contributed by atoms with Crippen molar-refractivity contribution in [3.8, 4) is 11.1 Å². The van der Waals surface area contributed by atoms with Gasteiger partial charge in [-0.25, -0.2) is 9.78 Å². The highest BCUT2D eigenvalue weighted by Crippen LogP contribution is 2.39. The van der Waals surface area contributed by atoms with Gasteiger partial charge in [-0.05, 0) is 56.3 Å². The van der Waals surface area contributed by atoms with Crippen LogP contribution in [0, 0.1) is 0 Å². The first-order chi connectivity index (χ1) is 15.2. The Balaban J connectivity index is 1.65. The van der Waals surface area contributed by atoms with Crippen LogP contribution in [0.15, 0.2) is 29.6 Å². The lowest BCUT2D eigenvalue weighted by Crippen LogP contribution is -2.39. The molecule has 1 fully saturated rings. The highest BCUT2D eigenvalue weighted by atomic mass is 35.5. The van der Waals surface area contributed by atoms with E-state index < -0.39 is 5.60 Å². The van der Waals surface area contributed by atoms with E-state index in [4.69, 9.17) is 16.3 Å². The molecule has 2 aromatic heterocycles. The van der Waals surface area contributed by atoms with Gasteiger partial charge in [0.1, 0.15) is 16.2 Å². The number of anilines is 1. The van der Waals surface area contributed by atoms with Crippen molar-refractivity contribution in [3.63, 3.8) is 0 Å². The van der Waals surface area contributed by atoms with E-state index in [1.807, 2.05) is 20.8 Å². The Morgan fingerprint density at radius 1 is 1.12 bits per heavy atom. The quantitative estimate of drug-likeness (QED) is 0.436. The molecule has 4 rings (SSSR count). The topological polar surface area (TPSA) is 58.6 Å². The maximum atomic E-state index is 12.6. The molecule has 0 bridgehead atoms. The summed E-state index contributed by atoms with van der Waals surface area (Å²) in [7, 11) is 0. The first kappa shape index (κ1) is 22.8. The Bertz CT molecular complexity index is 1110. The number of carbonyl (C=O) groups is 1. The van der Waals surface area contributed by atoms with Crippen LogP contribution in [0.3, 0.4) is 0 Å². The van der Waals surface area contributed by atoms with Crippen LogP contribution in [-0.2, 0) is 11.2 Å². The number of hydrogen-bond donors (Lipinski definition) is 0. The predicted octanol–water partition coefficient (Wildman–Crippen LogP) is 6.02. The third kappa shape index (κ3) is 4.99. The first-order valence-electron chi connectivity index (χ1n) is 11.0. The fourth-order valence-electron chi connectivity index (χ4n) is 3.90. The Hall–Kier alpha value is -2.38. The molecule has 1 amide bonds. The van der Waals surface area contributed by atoms with Crippen molar-refractivity contribution >= 4 is 45.1 Å². The summed E-state index contributed by atoms with van der Waals surface area (Å²) in [4.78, 5) is 26.6. The summed E-state index contributed by atoms with van der Waals surface area (Å²) < 4.78 is 5.57.